The maximum atomic E-state index is 14.2. The molecule has 3 aliphatic rings. The minimum atomic E-state index is -0.131. The molecule has 3 aliphatic heterocycles. The zero-order valence-corrected chi connectivity index (χ0v) is 18.7. The standard InChI is InChI=1S/C25H29FN6O/c26-21-4-2-1-3-19(21)17-8-13-30(14-9-17)25(33)18-15-31(16-18)24-20-5-10-27-11-6-22(20)29-23-7-12-28-32(23)24/h1-4,7,12,17-18,27H,5-6,8-11,13-16H2. The smallest absolute Gasteiger partial charge is 0.229 e. The molecule has 0 radical (unpaired) electrons. The average Bonchev–Trinajstić information content (AvgIpc) is 3.15. The second-order valence-corrected chi connectivity index (χ2v) is 9.43. The van der Waals surface area contributed by atoms with Gasteiger partial charge in [-0.25, -0.2) is 9.37 Å². The van der Waals surface area contributed by atoms with E-state index in [0.717, 1.165) is 61.5 Å². The lowest BCUT2D eigenvalue weighted by Crippen LogP contribution is -2.56. The highest BCUT2D eigenvalue weighted by Crippen LogP contribution is 2.34. The Hall–Kier alpha value is -3.00. The third-order valence-corrected chi connectivity index (χ3v) is 7.46. The van der Waals surface area contributed by atoms with E-state index in [0.29, 0.717) is 26.2 Å². The van der Waals surface area contributed by atoms with Crippen LogP contribution in [0.5, 0.6) is 0 Å². The largest absolute Gasteiger partial charge is 0.354 e. The number of amides is 1. The summed E-state index contributed by atoms with van der Waals surface area (Å²) in [5.74, 6) is 1.41. The molecule has 0 spiro atoms. The number of aromatic nitrogens is 3. The van der Waals surface area contributed by atoms with E-state index < -0.39 is 0 Å². The van der Waals surface area contributed by atoms with Crippen molar-refractivity contribution in [3.63, 3.8) is 0 Å². The number of nitrogens with zero attached hydrogens (tertiary/aromatic N) is 5. The fourth-order valence-electron chi connectivity index (χ4n) is 5.62. The van der Waals surface area contributed by atoms with Gasteiger partial charge in [0.2, 0.25) is 5.91 Å². The van der Waals surface area contributed by atoms with Crippen molar-refractivity contribution >= 4 is 17.4 Å². The zero-order valence-electron chi connectivity index (χ0n) is 18.7. The van der Waals surface area contributed by atoms with Crippen LogP contribution in [-0.4, -0.2) is 64.7 Å². The molecule has 5 heterocycles. The van der Waals surface area contributed by atoms with Gasteiger partial charge in [0, 0.05) is 50.8 Å². The number of anilines is 1. The maximum absolute atomic E-state index is 14.2. The van der Waals surface area contributed by atoms with E-state index in [1.54, 1.807) is 12.3 Å². The molecule has 8 heteroatoms. The minimum absolute atomic E-state index is 0.00772. The number of carbonyl (C=O) groups excluding carboxylic acids is 1. The second kappa shape index (κ2) is 8.41. The van der Waals surface area contributed by atoms with E-state index in [4.69, 9.17) is 4.98 Å². The molecule has 6 rings (SSSR count). The summed E-state index contributed by atoms with van der Waals surface area (Å²) < 4.78 is 16.1. The molecule has 172 valence electrons. The fourth-order valence-corrected chi connectivity index (χ4v) is 5.62. The molecule has 0 bridgehead atoms. The number of rotatable bonds is 3. The van der Waals surface area contributed by atoms with Gasteiger partial charge in [0.05, 0.1) is 17.8 Å². The van der Waals surface area contributed by atoms with Crippen molar-refractivity contribution in [3.05, 3.63) is 59.2 Å². The van der Waals surface area contributed by atoms with E-state index in [1.165, 1.54) is 11.6 Å². The Labute approximate surface area is 192 Å². The number of hydrogen-bond donors (Lipinski definition) is 1. The van der Waals surface area contributed by atoms with Crippen LogP contribution in [0.2, 0.25) is 0 Å². The molecule has 0 unspecified atom stereocenters. The summed E-state index contributed by atoms with van der Waals surface area (Å²) in [7, 11) is 0. The lowest BCUT2D eigenvalue weighted by atomic mass is 9.88. The summed E-state index contributed by atoms with van der Waals surface area (Å²) in [4.78, 5) is 22.3. The van der Waals surface area contributed by atoms with Crippen molar-refractivity contribution in [3.8, 4) is 0 Å². The number of nitrogens with one attached hydrogen (secondary N) is 1. The van der Waals surface area contributed by atoms with Crippen molar-refractivity contribution in [1.29, 1.82) is 0 Å². The first-order valence-corrected chi connectivity index (χ1v) is 12.0. The summed E-state index contributed by atoms with van der Waals surface area (Å²) in [6.45, 7) is 4.70. The first-order valence-electron chi connectivity index (χ1n) is 12.0. The van der Waals surface area contributed by atoms with Crippen molar-refractivity contribution < 1.29 is 9.18 Å². The number of piperidine rings is 1. The normalized spacial score (nSPS) is 19.9. The highest BCUT2D eigenvalue weighted by molar-refractivity contribution is 5.82. The van der Waals surface area contributed by atoms with E-state index in [1.807, 2.05) is 27.6 Å². The van der Waals surface area contributed by atoms with E-state index in [2.05, 4.69) is 15.3 Å². The van der Waals surface area contributed by atoms with Crippen LogP contribution in [0.1, 0.15) is 35.6 Å². The molecule has 3 aromatic rings. The van der Waals surface area contributed by atoms with Crippen molar-refractivity contribution in [2.75, 3.05) is 44.2 Å². The number of likely N-dealkylation sites (tertiary alicyclic amines) is 1. The van der Waals surface area contributed by atoms with E-state index in [9.17, 15) is 9.18 Å². The molecule has 1 amide bonds. The van der Waals surface area contributed by atoms with Gasteiger partial charge in [-0.1, -0.05) is 18.2 Å². The molecule has 7 nitrogen and oxygen atoms in total. The van der Waals surface area contributed by atoms with Gasteiger partial charge >= 0.3 is 0 Å². The summed E-state index contributed by atoms with van der Waals surface area (Å²) in [6.07, 6.45) is 5.28. The van der Waals surface area contributed by atoms with Gasteiger partial charge in [-0.15, -0.1) is 0 Å². The first kappa shape index (κ1) is 20.6. The summed E-state index contributed by atoms with van der Waals surface area (Å²) in [5.41, 5.74) is 4.06. The molecule has 0 atom stereocenters. The molecular formula is C25H29FN6O. The molecule has 1 N–H and O–H groups in total. The Kier molecular flexibility index (Phi) is 5.25. The van der Waals surface area contributed by atoms with E-state index >= 15 is 0 Å². The van der Waals surface area contributed by atoms with Crippen LogP contribution >= 0.6 is 0 Å². The van der Waals surface area contributed by atoms with Gasteiger partial charge in [0.25, 0.3) is 0 Å². The third kappa shape index (κ3) is 3.66. The number of hydrogen-bond acceptors (Lipinski definition) is 5. The molecule has 0 saturated carbocycles. The highest BCUT2D eigenvalue weighted by atomic mass is 19.1. The van der Waals surface area contributed by atoms with Gasteiger partial charge in [0.1, 0.15) is 11.6 Å². The number of carbonyl (C=O) groups is 1. The van der Waals surface area contributed by atoms with Crippen LogP contribution in [0, 0.1) is 11.7 Å². The van der Waals surface area contributed by atoms with Crippen LogP contribution < -0.4 is 10.2 Å². The minimum Gasteiger partial charge on any atom is -0.354 e. The molecule has 2 aromatic heterocycles. The topological polar surface area (TPSA) is 65.8 Å². The average molecular weight is 449 g/mol. The monoisotopic (exact) mass is 448 g/mol. The van der Waals surface area contributed by atoms with Gasteiger partial charge in [0.15, 0.2) is 5.65 Å². The molecule has 2 saturated heterocycles. The molecular weight excluding hydrogens is 419 g/mol. The summed E-state index contributed by atoms with van der Waals surface area (Å²) in [5, 5.41) is 7.99. The second-order valence-electron chi connectivity index (χ2n) is 9.43. The number of halogens is 1. The van der Waals surface area contributed by atoms with Crippen LogP contribution in [0.25, 0.3) is 5.65 Å². The first-order chi connectivity index (χ1) is 16.2. The van der Waals surface area contributed by atoms with Crippen LogP contribution in [0.15, 0.2) is 36.5 Å². The van der Waals surface area contributed by atoms with Crippen LogP contribution in [-0.2, 0) is 17.6 Å². The van der Waals surface area contributed by atoms with Gasteiger partial charge in [-0.05, 0) is 43.4 Å². The van der Waals surface area contributed by atoms with Crippen molar-refractivity contribution in [1.82, 2.24) is 24.8 Å². The maximum Gasteiger partial charge on any atom is 0.229 e. The third-order valence-electron chi connectivity index (χ3n) is 7.46. The predicted molar refractivity (Wildman–Crippen MR) is 124 cm³/mol. The van der Waals surface area contributed by atoms with Crippen LogP contribution in [0.4, 0.5) is 10.2 Å². The van der Waals surface area contributed by atoms with E-state index in [-0.39, 0.29) is 23.6 Å². The quantitative estimate of drug-likeness (QED) is 0.667. The van der Waals surface area contributed by atoms with Gasteiger partial charge in [-0.2, -0.15) is 9.61 Å². The lowest BCUT2D eigenvalue weighted by Gasteiger charge is -2.44. The Bertz CT molecular complexity index is 1180. The Morgan fingerprint density at radius 3 is 2.67 bits per heavy atom. The Balaban J connectivity index is 1.14. The highest BCUT2D eigenvalue weighted by Gasteiger charge is 2.39. The fraction of sp³-hybridized carbons (Fsp3) is 0.480. The summed E-state index contributed by atoms with van der Waals surface area (Å²) >= 11 is 0. The summed E-state index contributed by atoms with van der Waals surface area (Å²) in [6, 6.07) is 8.98. The van der Waals surface area contributed by atoms with Gasteiger partial charge < -0.3 is 15.1 Å². The Morgan fingerprint density at radius 2 is 1.85 bits per heavy atom. The molecule has 0 aliphatic carbocycles. The molecule has 1 aromatic carbocycles. The lowest BCUT2D eigenvalue weighted by molar-refractivity contribution is -0.137. The van der Waals surface area contributed by atoms with Crippen molar-refractivity contribution in [2.45, 2.75) is 31.6 Å². The zero-order chi connectivity index (χ0) is 22.4. The van der Waals surface area contributed by atoms with Crippen LogP contribution in [0.3, 0.4) is 0 Å². The number of fused-ring (bicyclic) bond motifs is 2. The number of benzene rings is 1. The predicted octanol–water partition coefficient (Wildman–Crippen LogP) is 2.40. The Morgan fingerprint density at radius 1 is 1.06 bits per heavy atom. The SMILES string of the molecule is O=C(C1CN(c2c3c(nc4ccnn24)CCNCC3)C1)N1CCC(c2ccccc2F)CC1. The molecule has 33 heavy (non-hydrogen) atoms. The van der Waals surface area contributed by atoms with Crippen molar-refractivity contribution in [2.24, 2.45) is 5.92 Å². The molecule has 2 fully saturated rings. The van der Waals surface area contributed by atoms with Gasteiger partial charge in [-0.3, -0.25) is 4.79 Å².